The predicted octanol–water partition coefficient (Wildman–Crippen LogP) is 5.26. The van der Waals surface area contributed by atoms with Gasteiger partial charge in [0, 0.05) is 50.4 Å². The average molecular weight is 530 g/mol. The predicted molar refractivity (Wildman–Crippen MR) is 153 cm³/mol. The first-order valence-electron chi connectivity index (χ1n) is 13.7. The van der Waals surface area contributed by atoms with Crippen molar-refractivity contribution in [1.82, 2.24) is 14.7 Å². The maximum Gasteiger partial charge on any atom is 0.335 e. The lowest BCUT2D eigenvalue weighted by atomic mass is 9.92. The molecule has 1 fully saturated rings. The quantitative estimate of drug-likeness (QED) is 0.394. The fraction of sp³-hybridized carbons (Fsp3) is 0.375. The second kappa shape index (κ2) is 12.5. The van der Waals surface area contributed by atoms with E-state index in [1.165, 1.54) is 0 Å². The van der Waals surface area contributed by atoms with Crippen molar-refractivity contribution in [2.45, 2.75) is 52.4 Å². The third kappa shape index (κ3) is 6.49. The van der Waals surface area contributed by atoms with E-state index in [1.807, 2.05) is 67.3 Å². The maximum atomic E-state index is 12.9. The highest BCUT2D eigenvalue weighted by atomic mass is 16.4. The molecule has 39 heavy (non-hydrogen) atoms. The zero-order valence-electron chi connectivity index (χ0n) is 23.2. The highest BCUT2D eigenvalue weighted by molar-refractivity contribution is 5.94. The van der Waals surface area contributed by atoms with Gasteiger partial charge in [-0.05, 0) is 80.8 Å². The summed E-state index contributed by atoms with van der Waals surface area (Å²) in [5.74, 6) is -0.659. The molecular formula is C32H39N3O4. The van der Waals surface area contributed by atoms with E-state index >= 15 is 0 Å². The molecule has 1 unspecified atom stereocenters. The zero-order chi connectivity index (χ0) is 28.1. The molecule has 1 amide bonds. The third-order valence-corrected chi connectivity index (χ3v) is 7.76. The normalized spacial score (nSPS) is 19.0. The number of hydrogen-bond donors (Lipinski definition) is 2. The van der Waals surface area contributed by atoms with Gasteiger partial charge < -0.3 is 15.1 Å². The van der Waals surface area contributed by atoms with Crippen LogP contribution < -0.4 is 0 Å². The molecule has 7 heteroatoms. The van der Waals surface area contributed by atoms with Gasteiger partial charge in [-0.3, -0.25) is 14.6 Å². The number of phenols is 1. The van der Waals surface area contributed by atoms with Crippen molar-refractivity contribution in [1.29, 1.82) is 0 Å². The summed E-state index contributed by atoms with van der Waals surface area (Å²) >= 11 is 0. The number of phenolic OH excluding ortho intramolecular Hbond substituents is 1. The van der Waals surface area contributed by atoms with Gasteiger partial charge in [-0.2, -0.15) is 0 Å². The average Bonchev–Trinajstić information content (AvgIpc) is 2.92. The van der Waals surface area contributed by atoms with E-state index in [0.29, 0.717) is 30.8 Å². The summed E-state index contributed by atoms with van der Waals surface area (Å²) in [4.78, 5) is 31.0. The van der Waals surface area contributed by atoms with E-state index in [4.69, 9.17) is 0 Å². The lowest BCUT2D eigenvalue weighted by Crippen LogP contribution is -2.56. The minimum absolute atomic E-state index is 0.0306. The molecule has 0 aromatic heterocycles. The minimum atomic E-state index is -0.915. The van der Waals surface area contributed by atoms with E-state index in [1.54, 1.807) is 24.3 Å². The summed E-state index contributed by atoms with van der Waals surface area (Å²) in [6.07, 6.45) is 0. The molecule has 206 valence electrons. The first-order valence-corrected chi connectivity index (χ1v) is 13.7. The molecule has 0 spiro atoms. The van der Waals surface area contributed by atoms with E-state index < -0.39 is 5.97 Å². The Kier molecular flexibility index (Phi) is 9.04. The summed E-state index contributed by atoms with van der Waals surface area (Å²) < 4.78 is 0. The van der Waals surface area contributed by atoms with Gasteiger partial charge in [-0.25, -0.2) is 4.79 Å². The van der Waals surface area contributed by atoms with Crippen molar-refractivity contribution in [2.75, 3.05) is 26.2 Å². The van der Waals surface area contributed by atoms with Crippen molar-refractivity contribution < 1.29 is 19.8 Å². The molecule has 4 rings (SSSR count). The van der Waals surface area contributed by atoms with Gasteiger partial charge >= 0.3 is 5.97 Å². The Hall–Kier alpha value is -3.68. The number of carboxylic acids is 1. The SMILES string of the molecule is CCN(CC)C(=O)c1ccc(C(c2cccc(O)c2)N2C[C@@H](C)N(Cc3cccc(C(=O)O)c3)C[C@@H]2C)cc1. The number of carbonyl (C=O) groups is 2. The van der Waals surface area contributed by atoms with Gasteiger partial charge in [-0.1, -0.05) is 36.4 Å². The number of amides is 1. The summed E-state index contributed by atoms with van der Waals surface area (Å²) in [5.41, 5.74) is 4.03. The molecule has 0 aliphatic carbocycles. The molecule has 1 aliphatic heterocycles. The van der Waals surface area contributed by atoms with Crippen LogP contribution in [0.3, 0.4) is 0 Å². The van der Waals surface area contributed by atoms with Crippen LogP contribution in [0.15, 0.2) is 72.8 Å². The Morgan fingerprint density at radius 3 is 2.21 bits per heavy atom. The first kappa shape index (κ1) is 28.3. The monoisotopic (exact) mass is 529 g/mol. The Bertz CT molecular complexity index is 1290. The zero-order valence-corrected chi connectivity index (χ0v) is 23.2. The summed E-state index contributed by atoms with van der Waals surface area (Å²) in [6.45, 7) is 12.0. The number of carbonyl (C=O) groups excluding carboxylic acids is 1. The Morgan fingerprint density at radius 1 is 0.872 bits per heavy atom. The van der Waals surface area contributed by atoms with Crippen molar-refractivity contribution >= 4 is 11.9 Å². The van der Waals surface area contributed by atoms with E-state index in [9.17, 15) is 19.8 Å². The van der Waals surface area contributed by atoms with Gasteiger partial charge in [0.2, 0.25) is 0 Å². The molecule has 1 saturated heterocycles. The number of piperazine rings is 1. The molecule has 7 nitrogen and oxygen atoms in total. The molecular weight excluding hydrogens is 490 g/mol. The minimum Gasteiger partial charge on any atom is -0.508 e. The smallest absolute Gasteiger partial charge is 0.335 e. The topological polar surface area (TPSA) is 84.3 Å². The molecule has 0 saturated carbocycles. The van der Waals surface area contributed by atoms with E-state index in [-0.39, 0.29) is 29.8 Å². The van der Waals surface area contributed by atoms with Crippen LogP contribution >= 0.6 is 0 Å². The van der Waals surface area contributed by atoms with Crippen LogP contribution in [0.1, 0.15) is 71.1 Å². The summed E-state index contributed by atoms with van der Waals surface area (Å²) in [7, 11) is 0. The van der Waals surface area contributed by atoms with Crippen LogP contribution in [0.4, 0.5) is 0 Å². The fourth-order valence-corrected chi connectivity index (χ4v) is 5.61. The number of aromatic hydroxyl groups is 1. The lowest BCUT2D eigenvalue weighted by molar-refractivity contribution is 0.0195. The molecule has 3 aromatic carbocycles. The van der Waals surface area contributed by atoms with Crippen molar-refractivity contribution in [3.05, 3.63) is 101 Å². The van der Waals surface area contributed by atoms with Crippen molar-refractivity contribution in [3.8, 4) is 5.75 Å². The van der Waals surface area contributed by atoms with Gasteiger partial charge in [0.05, 0.1) is 11.6 Å². The van der Waals surface area contributed by atoms with Crippen molar-refractivity contribution in [2.24, 2.45) is 0 Å². The van der Waals surface area contributed by atoms with Crippen LogP contribution in [0.2, 0.25) is 0 Å². The van der Waals surface area contributed by atoms with Crippen LogP contribution in [-0.4, -0.2) is 75.1 Å². The highest BCUT2D eigenvalue weighted by Crippen LogP contribution is 2.35. The molecule has 3 aromatic rings. The molecule has 1 heterocycles. The van der Waals surface area contributed by atoms with Crippen LogP contribution in [0, 0.1) is 0 Å². The van der Waals surface area contributed by atoms with Gasteiger partial charge in [0.1, 0.15) is 5.75 Å². The maximum absolute atomic E-state index is 12.9. The van der Waals surface area contributed by atoms with Gasteiger partial charge in [0.25, 0.3) is 5.91 Å². The number of hydrogen-bond acceptors (Lipinski definition) is 5. The largest absolute Gasteiger partial charge is 0.508 e. The molecule has 3 atom stereocenters. The second-order valence-corrected chi connectivity index (χ2v) is 10.4. The van der Waals surface area contributed by atoms with Gasteiger partial charge in [-0.15, -0.1) is 0 Å². The van der Waals surface area contributed by atoms with Gasteiger partial charge in [0.15, 0.2) is 0 Å². The lowest BCUT2D eigenvalue weighted by Gasteiger charge is -2.47. The van der Waals surface area contributed by atoms with Crippen molar-refractivity contribution in [3.63, 3.8) is 0 Å². The highest BCUT2D eigenvalue weighted by Gasteiger charge is 2.35. The molecule has 0 radical (unpaired) electrons. The fourth-order valence-electron chi connectivity index (χ4n) is 5.61. The number of rotatable bonds is 9. The van der Waals surface area contributed by atoms with E-state index in [2.05, 4.69) is 23.6 Å². The number of nitrogens with zero attached hydrogens (tertiary/aromatic N) is 3. The Balaban J connectivity index is 1.60. The van der Waals surface area contributed by atoms with Crippen LogP contribution in [-0.2, 0) is 6.54 Å². The molecule has 0 bridgehead atoms. The Morgan fingerprint density at radius 2 is 1.56 bits per heavy atom. The summed E-state index contributed by atoms with van der Waals surface area (Å²) in [5, 5.41) is 19.7. The number of aromatic carboxylic acids is 1. The third-order valence-electron chi connectivity index (χ3n) is 7.76. The molecule has 1 aliphatic rings. The van der Waals surface area contributed by atoms with Crippen LogP contribution in [0.5, 0.6) is 5.75 Å². The Labute approximate surface area is 231 Å². The summed E-state index contributed by atoms with van der Waals surface area (Å²) in [6, 6.07) is 22.8. The number of benzene rings is 3. The van der Waals surface area contributed by atoms with Crippen LogP contribution in [0.25, 0.3) is 0 Å². The second-order valence-electron chi connectivity index (χ2n) is 10.4. The number of carboxylic acid groups (broad SMARTS) is 1. The standard InChI is InChI=1S/C32H39N3O4/c1-5-33(6-2)31(37)26-15-13-25(14-16-26)30(27-10-8-12-29(36)18-27)35-20-22(3)34(19-23(35)4)21-24-9-7-11-28(17-24)32(38)39/h7-18,22-23,30,36H,5-6,19-21H2,1-4H3,(H,38,39)/t22-,23+,30?/m1/s1. The first-order chi connectivity index (χ1) is 18.7. The van der Waals surface area contributed by atoms with E-state index in [0.717, 1.165) is 29.8 Å². The molecule has 2 N–H and O–H groups in total.